The second-order valence-corrected chi connectivity index (χ2v) is 10.4. The van der Waals surface area contributed by atoms with Gasteiger partial charge in [0.25, 0.3) is 0 Å². The Morgan fingerprint density at radius 3 is 0.957 bits per heavy atom. The van der Waals surface area contributed by atoms with Crippen LogP contribution in [0.25, 0.3) is 0 Å². The molecule has 0 aliphatic heterocycles. The zero-order valence-electron chi connectivity index (χ0n) is 23.7. The largest absolute Gasteiger partial charge is 0.467 e. The smallest absolute Gasteiger partial charge is 0.415 e. The Balaban J connectivity index is 6.14. The van der Waals surface area contributed by atoms with Crippen molar-refractivity contribution in [2.24, 2.45) is 0 Å². The number of esters is 1. The summed E-state index contributed by atoms with van der Waals surface area (Å²) in [6.45, 7) is 1.98. The first-order valence-electron chi connectivity index (χ1n) is 13.4. The van der Waals surface area contributed by atoms with Crippen LogP contribution in [0.4, 0.5) is 92.2 Å². The first-order valence-corrected chi connectivity index (χ1v) is 13.4. The van der Waals surface area contributed by atoms with Crippen LogP contribution in [0.2, 0.25) is 0 Å². The summed E-state index contributed by atoms with van der Waals surface area (Å²) in [6.07, 6.45) is -11.5. The Labute approximate surface area is 252 Å². The summed E-state index contributed by atoms with van der Waals surface area (Å²) >= 11 is 0. The third-order valence-electron chi connectivity index (χ3n) is 6.73. The molecule has 2 nitrogen and oxygen atoms in total. The molecule has 0 fully saturated rings. The molecule has 47 heavy (non-hydrogen) atoms. The first-order chi connectivity index (χ1) is 20.7. The fourth-order valence-electron chi connectivity index (χ4n) is 3.81. The van der Waals surface area contributed by atoms with Crippen molar-refractivity contribution in [3.05, 3.63) is 0 Å². The highest BCUT2D eigenvalue weighted by molar-refractivity contribution is 5.70. The molecule has 0 aliphatic rings. The normalized spacial score (nSPS) is 16.3. The van der Waals surface area contributed by atoms with E-state index in [1.807, 2.05) is 6.92 Å². The van der Waals surface area contributed by atoms with Crippen LogP contribution in [-0.4, -0.2) is 65.6 Å². The number of carbonyl (C=O) groups excluding carboxylic acids is 1. The fraction of sp³-hybridized carbons (Fsp3) is 0.958. The van der Waals surface area contributed by atoms with Gasteiger partial charge in [0, 0.05) is 6.42 Å². The molecule has 0 aromatic carbocycles. The summed E-state index contributed by atoms with van der Waals surface area (Å²) in [5.74, 6) is -73.4. The van der Waals surface area contributed by atoms with E-state index in [1.54, 1.807) is 0 Å². The third kappa shape index (κ3) is 8.25. The molecular weight excluding hydrogens is 719 g/mol. The average Bonchev–Trinajstić information content (AvgIpc) is 2.89. The van der Waals surface area contributed by atoms with Gasteiger partial charge in [0.2, 0.25) is 0 Å². The molecule has 0 saturated carbocycles. The van der Waals surface area contributed by atoms with Crippen molar-refractivity contribution in [1.82, 2.24) is 0 Å². The Hall–Kier alpha value is -2.00. The number of hydrogen-bond acceptors (Lipinski definition) is 2. The average molecular weight is 746 g/mol. The standard InChI is InChI=1S/C24H27F21O2/c1-2-3-4-5-6-7-8-9-10-11-12-13-14(46)47-22(39,24(43,44)45)20(35,36)18(31,32)16(27,28)15(25,26)17(29,30)19(33,34)21(37,38)23(40,41)42/h2-13H2,1H3. The second-order valence-electron chi connectivity index (χ2n) is 10.4. The molecule has 0 aromatic heterocycles. The summed E-state index contributed by atoms with van der Waals surface area (Å²) in [5, 5.41) is 0. The van der Waals surface area contributed by atoms with Crippen LogP contribution < -0.4 is 0 Å². The van der Waals surface area contributed by atoms with E-state index in [1.165, 1.54) is 0 Å². The number of unbranched alkanes of at least 4 members (excludes halogenated alkanes) is 10. The Bertz CT molecular complexity index is 1000. The molecule has 0 bridgehead atoms. The lowest BCUT2D eigenvalue weighted by Gasteiger charge is -2.44. The Morgan fingerprint density at radius 1 is 0.383 bits per heavy atom. The molecule has 0 N–H and O–H groups in total. The molecular formula is C24H27F21O2. The van der Waals surface area contributed by atoms with E-state index >= 15 is 0 Å². The lowest BCUT2D eigenvalue weighted by atomic mass is 9.87. The van der Waals surface area contributed by atoms with Crippen molar-refractivity contribution >= 4 is 5.97 Å². The fourth-order valence-corrected chi connectivity index (χ4v) is 3.81. The van der Waals surface area contributed by atoms with Crippen molar-refractivity contribution in [2.75, 3.05) is 0 Å². The van der Waals surface area contributed by atoms with E-state index in [-0.39, 0.29) is 12.8 Å². The van der Waals surface area contributed by atoms with Crippen LogP contribution in [0.1, 0.15) is 84.0 Å². The highest BCUT2D eigenvalue weighted by atomic mass is 19.4. The molecule has 1 atom stereocenters. The lowest BCUT2D eigenvalue weighted by molar-refractivity contribution is -0.484. The predicted molar refractivity (Wildman–Crippen MR) is 118 cm³/mol. The highest BCUT2D eigenvalue weighted by Crippen LogP contribution is 2.66. The van der Waals surface area contributed by atoms with Crippen molar-refractivity contribution in [1.29, 1.82) is 0 Å². The summed E-state index contributed by atoms with van der Waals surface area (Å²) in [6, 6.07) is 0. The Morgan fingerprint density at radius 2 is 0.660 bits per heavy atom. The second kappa shape index (κ2) is 14.9. The highest BCUT2D eigenvalue weighted by Gasteiger charge is 2.98. The van der Waals surface area contributed by atoms with Crippen molar-refractivity contribution in [2.45, 2.75) is 144 Å². The van der Waals surface area contributed by atoms with Crippen LogP contribution in [0.5, 0.6) is 0 Å². The van der Waals surface area contributed by atoms with E-state index in [9.17, 15) is 97.0 Å². The molecule has 0 heterocycles. The maximum Gasteiger partial charge on any atom is 0.467 e. The molecule has 0 amide bonds. The van der Waals surface area contributed by atoms with Gasteiger partial charge in [-0.25, -0.2) is 0 Å². The topological polar surface area (TPSA) is 26.3 Å². The van der Waals surface area contributed by atoms with E-state index < -0.39 is 78.5 Å². The zero-order valence-corrected chi connectivity index (χ0v) is 23.7. The quantitative estimate of drug-likeness (QED) is 0.0705. The molecule has 1 unspecified atom stereocenters. The number of rotatable bonds is 20. The summed E-state index contributed by atoms with van der Waals surface area (Å²) in [4.78, 5) is 11.6. The van der Waals surface area contributed by atoms with E-state index in [0.29, 0.717) is 12.8 Å². The number of ether oxygens (including phenoxy) is 1. The summed E-state index contributed by atoms with van der Waals surface area (Å²) < 4.78 is 284. The van der Waals surface area contributed by atoms with Crippen molar-refractivity contribution in [3.63, 3.8) is 0 Å². The molecule has 0 spiro atoms. The molecule has 282 valence electrons. The third-order valence-corrected chi connectivity index (χ3v) is 6.73. The Kier molecular flexibility index (Phi) is 14.2. The predicted octanol–water partition coefficient (Wildman–Crippen LogP) is 11.5. The van der Waals surface area contributed by atoms with E-state index in [2.05, 4.69) is 4.74 Å². The molecule has 0 aromatic rings. The van der Waals surface area contributed by atoms with Gasteiger partial charge >= 0.3 is 65.6 Å². The maximum atomic E-state index is 14.5. The van der Waals surface area contributed by atoms with Crippen LogP contribution >= 0.6 is 0 Å². The van der Waals surface area contributed by atoms with Crippen LogP contribution in [0.15, 0.2) is 0 Å². The van der Waals surface area contributed by atoms with Gasteiger partial charge < -0.3 is 4.74 Å². The van der Waals surface area contributed by atoms with Crippen molar-refractivity contribution < 1.29 is 102 Å². The van der Waals surface area contributed by atoms with Gasteiger partial charge in [-0.05, 0) is 6.42 Å². The van der Waals surface area contributed by atoms with Crippen LogP contribution in [0, 0.1) is 0 Å². The van der Waals surface area contributed by atoms with Gasteiger partial charge in [-0.2, -0.15) is 92.2 Å². The SMILES string of the molecule is CCCCCCCCCCCCCC(=O)OC(F)(C(F)(F)F)C(F)(F)C(F)(F)C(F)(F)C(F)(F)C(F)(F)C(F)(F)C(F)(F)C(F)(F)F. The minimum absolute atomic E-state index is 0.140. The first kappa shape index (κ1) is 45.0. The number of halogens is 21. The van der Waals surface area contributed by atoms with Crippen LogP contribution in [0.3, 0.4) is 0 Å². The number of carbonyl (C=O) groups is 1. The summed E-state index contributed by atoms with van der Waals surface area (Å²) in [7, 11) is 0. The number of alkyl halides is 21. The van der Waals surface area contributed by atoms with Gasteiger partial charge in [0.1, 0.15) is 0 Å². The minimum atomic E-state index is -9.24. The van der Waals surface area contributed by atoms with E-state index in [4.69, 9.17) is 0 Å². The molecule has 0 saturated heterocycles. The van der Waals surface area contributed by atoms with Crippen LogP contribution in [-0.2, 0) is 9.53 Å². The van der Waals surface area contributed by atoms with E-state index in [0.717, 1.165) is 38.5 Å². The number of hydrogen-bond donors (Lipinski definition) is 0. The van der Waals surface area contributed by atoms with Crippen molar-refractivity contribution in [3.8, 4) is 0 Å². The van der Waals surface area contributed by atoms with Gasteiger partial charge in [0.15, 0.2) is 0 Å². The van der Waals surface area contributed by atoms with Gasteiger partial charge in [-0.3, -0.25) is 4.79 Å². The maximum absolute atomic E-state index is 14.5. The molecule has 0 rings (SSSR count). The summed E-state index contributed by atoms with van der Waals surface area (Å²) in [5.41, 5.74) is 0. The monoisotopic (exact) mass is 746 g/mol. The van der Waals surface area contributed by atoms with Gasteiger partial charge in [-0.15, -0.1) is 0 Å². The zero-order chi connectivity index (χ0) is 37.8. The lowest BCUT2D eigenvalue weighted by Crippen LogP contribution is -2.77. The molecule has 0 radical (unpaired) electrons. The van der Waals surface area contributed by atoms with Gasteiger partial charge in [0.05, 0.1) is 0 Å². The molecule has 0 aliphatic carbocycles. The minimum Gasteiger partial charge on any atom is -0.415 e. The molecule has 23 heteroatoms. The van der Waals surface area contributed by atoms with Gasteiger partial charge in [-0.1, -0.05) is 71.1 Å².